The van der Waals surface area contributed by atoms with E-state index in [0.717, 1.165) is 31.5 Å². The normalized spacial score (nSPS) is 27.5. The summed E-state index contributed by atoms with van der Waals surface area (Å²) in [4.78, 5) is 55.1. The summed E-state index contributed by atoms with van der Waals surface area (Å²) in [5, 5.41) is 22.4. The number of rotatable bonds is 8. The van der Waals surface area contributed by atoms with Gasteiger partial charge in [-0.05, 0) is 49.0 Å². The van der Waals surface area contributed by atoms with Gasteiger partial charge in [-0.25, -0.2) is 0 Å². The summed E-state index contributed by atoms with van der Waals surface area (Å²) in [6.45, 7) is 8.62. The summed E-state index contributed by atoms with van der Waals surface area (Å²) in [5.41, 5.74) is 6.83. The van der Waals surface area contributed by atoms with Crippen LogP contribution in [0.25, 0.3) is 0 Å². The number of Topliss-reactive ketones (excluding diaryl/α,β-unsaturated/α-hetero) is 1. The van der Waals surface area contributed by atoms with Gasteiger partial charge in [0.15, 0.2) is 6.35 Å². The van der Waals surface area contributed by atoms with Crippen molar-refractivity contribution in [2.75, 3.05) is 39.3 Å². The molecule has 0 spiro atoms. The van der Waals surface area contributed by atoms with Gasteiger partial charge in [0, 0.05) is 32.7 Å². The molecule has 3 fully saturated rings. The molecule has 2 aliphatic carbocycles. The molecule has 1 saturated carbocycles. The maximum absolute atomic E-state index is 13.1. The van der Waals surface area contributed by atoms with Crippen molar-refractivity contribution in [2.45, 2.75) is 77.4 Å². The highest BCUT2D eigenvalue weighted by Gasteiger charge is 2.42. The minimum atomic E-state index is -1.30. The first-order valence-electron chi connectivity index (χ1n) is 13.8. The molecule has 38 heavy (non-hydrogen) atoms. The maximum Gasteiger partial charge on any atom is 0.243 e. The first-order valence-corrected chi connectivity index (χ1v) is 13.8. The molecule has 4 unspecified atom stereocenters. The molecule has 3 amide bonds. The van der Waals surface area contributed by atoms with Crippen LogP contribution in [0.2, 0.25) is 0 Å². The van der Waals surface area contributed by atoms with Crippen LogP contribution < -0.4 is 27.0 Å². The van der Waals surface area contributed by atoms with Gasteiger partial charge in [0.2, 0.25) is 23.5 Å². The standard InChI is InChI=1S/C26H43N7O5/c1-26(2,3)22(24(37)32-11-8-28-9-12-32)31-25(38)29-14-19(34)33-10-4-5-18(33)23(36)30-17-13-15-6-7-16(15)20(27)21(17)35/h15,17-18,22,25,28-29,31,38H,4-14,27H2,1-3H3,(H,30,36)/t15?,17?,18?,22-,25?/m1/s1. The molecule has 4 rings (SSSR count). The highest BCUT2D eigenvalue weighted by atomic mass is 16.3. The third kappa shape index (κ3) is 6.19. The lowest BCUT2D eigenvalue weighted by molar-refractivity contribution is -0.140. The minimum Gasteiger partial charge on any atom is -0.396 e. The Kier molecular flexibility index (Phi) is 8.75. The largest absolute Gasteiger partial charge is 0.396 e. The summed E-state index contributed by atoms with van der Waals surface area (Å²) < 4.78 is 0. The number of carbonyl (C=O) groups excluding carboxylic acids is 4. The Labute approximate surface area is 224 Å². The molecule has 2 heterocycles. The molecule has 0 aromatic heterocycles. The fourth-order valence-corrected chi connectivity index (χ4v) is 5.84. The molecule has 0 aromatic carbocycles. The lowest BCUT2D eigenvalue weighted by atomic mass is 9.69. The molecule has 212 valence electrons. The van der Waals surface area contributed by atoms with Crippen molar-refractivity contribution in [3.63, 3.8) is 0 Å². The monoisotopic (exact) mass is 533 g/mol. The van der Waals surface area contributed by atoms with E-state index in [2.05, 4.69) is 21.3 Å². The molecular weight excluding hydrogens is 490 g/mol. The molecule has 0 bridgehead atoms. The molecule has 4 aliphatic rings. The Morgan fingerprint density at radius 1 is 1.16 bits per heavy atom. The average Bonchev–Trinajstić information content (AvgIpc) is 3.36. The predicted octanol–water partition coefficient (Wildman–Crippen LogP) is -1.64. The van der Waals surface area contributed by atoms with Crippen LogP contribution in [0.15, 0.2) is 11.3 Å². The van der Waals surface area contributed by atoms with Crippen LogP contribution in [0.4, 0.5) is 0 Å². The first kappa shape index (κ1) is 28.5. The van der Waals surface area contributed by atoms with Crippen molar-refractivity contribution in [3.05, 3.63) is 11.3 Å². The predicted molar refractivity (Wildman–Crippen MR) is 140 cm³/mol. The van der Waals surface area contributed by atoms with E-state index in [9.17, 15) is 24.3 Å². The van der Waals surface area contributed by atoms with E-state index in [0.29, 0.717) is 38.9 Å². The quantitative estimate of drug-likeness (QED) is 0.200. The number of allylic oxidation sites excluding steroid dienone is 1. The fraction of sp³-hybridized carbons (Fsp3) is 0.769. The Balaban J connectivity index is 1.29. The molecule has 12 heteroatoms. The molecule has 2 saturated heterocycles. The van der Waals surface area contributed by atoms with Crippen molar-refractivity contribution in [1.82, 2.24) is 31.1 Å². The van der Waals surface area contributed by atoms with Crippen molar-refractivity contribution in [1.29, 1.82) is 0 Å². The highest BCUT2D eigenvalue weighted by Crippen LogP contribution is 2.41. The van der Waals surface area contributed by atoms with Gasteiger partial charge in [-0.2, -0.15) is 0 Å². The van der Waals surface area contributed by atoms with E-state index < -0.39 is 29.9 Å². The topological polar surface area (TPSA) is 169 Å². The number of nitrogens with one attached hydrogen (secondary N) is 4. The number of piperazine rings is 1. The van der Waals surface area contributed by atoms with Gasteiger partial charge in [-0.1, -0.05) is 20.8 Å². The zero-order valence-corrected chi connectivity index (χ0v) is 22.7. The summed E-state index contributed by atoms with van der Waals surface area (Å²) in [7, 11) is 0. The second kappa shape index (κ2) is 11.7. The number of nitrogens with two attached hydrogens (primary N) is 1. The lowest BCUT2D eigenvalue weighted by Gasteiger charge is -2.39. The fourth-order valence-electron chi connectivity index (χ4n) is 5.84. The van der Waals surface area contributed by atoms with E-state index in [1.165, 1.54) is 4.90 Å². The Bertz CT molecular complexity index is 972. The van der Waals surface area contributed by atoms with Gasteiger partial charge in [0.25, 0.3) is 0 Å². The number of amides is 3. The first-order chi connectivity index (χ1) is 18.0. The number of likely N-dealkylation sites (tertiary alicyclic amines) is 1. The maximum atomic E-state index is 13.1. The van der Waals surface area contributed by atoms with E-state index in [1.807, 2.05) is 20.8 Å². The molecule has 0 radical (unpaired) electrons. The number of fused-ring (bicyclic) bond motifs is 1. The van der Waals surface area contributed by atoms with Gasteiger partial charge in [-0.3, -0.25) is 29.8 Å². The summed E-state index contributed by atoms with van der Waals surface area (Å²) >= 11 is 0. The molecule has 5 atom stereocenters. The molecule has 0 aromatic rings. The van der Waals surface area contributed by atoms with Gasteiger partial charge >= 0.3 is 0 Å². The highest BCUT2D eigenvalue weighted by molar-refractivity contribution is 6.03. The van der Waals surface area contributed by atoms with Crippen molar-refractivity contribution in [2.24, 2.45) is 17.1 Å². The van der Waals surface area contributed by atoms with Crippen LogP contribution in [-0.2, 0) is 19.2 Å². The minimum absolute atomic E-state index is 0.0933. The van der Waals surface area contributed by atoms with Gasteiger partial charge in [0.05, 0.1) is 24.3 Å². The van der Waals surface area contributed by atoms with Crippen molar-refractivity contribution >= 4 is 23.5 Å². The summed E-state index contributed by atoms with van der Waals surface area (Å²) in [5.74, 6) is -0.755. The number of carbonyl (C=O) groups is 4. The van der Waals surface area contributed by atoms with Crippen LogP contribution in [0, 0.1) is 11.3 Å². The van der Waals surface area contributed by atoms with Crippen LogP contribution in [-0.4, -0.2) is 102 Å². The van der Waals surface area contributed by atoms with Crippen LogP contribution in [0.5, 0.6) is 0 Å². The van der Waals surface area contributed by atoms with Gasteiger partial charge in [0.1, 0.15) is 6.04 Å². The van der Waals surface area contributed by atoms with Gasteiger partial charge < -0.3 is 31.3 Å². The third-order valence-electron chi connectivity index (χ3n) is 8.21. The Morgan fingerprint density at radius 3 is 2.50 bits per heavy atom. The smallest absolute Gasteiger partial charge is 0.243 e. The molecule has 2 aliphatic heterocycles. The van der Waals surface area contributed by atoms with E-state index in [1.54, 1.807) is 4.90 Å². The zero-order valence-electron chi connectivity index (χ0n) is 22.7. The average molecular weight is 534 g/mol. The second-order valence-corrected chi connectivity index (χ2v) is 11.9. The van der Waals surface area contributed by atoms with Crippen LogP contribution in [0.1, 0.15) is 52.9 Å². The number of aliphatic hydroxyl groups is 1. The number of aliphatic hydroxyl groups excluding tert-OH is 1. The Hall–Kier alpha value is -2.54. The van der Waals surface area contributed by atoms with E-state index in [-0.39, 0.29) is 41.7 Å². The zero-order chi connectivity index (χ0) is 27.6. The number of hydrogen-bond donors (Lipinski definition) is 6. The molecular formula is C26H43N7O5. The Morgan fingerprint density at radius 2 is 1.87 bits per heavy atom. The van der Waals surface area contributed by atoms with Crippen LogP contribution in [0.3, 0.4) is 0 Å². The lowest BCUT2D eigenvalue weighted by Crippen LogP contribution is -2.61. The van der Waals surface area contributed by atoms with Crippen molar-refractivity contribution < 1.29 is 24.3 Å². The van der Waals surface area contributed by atoms with Crippen LogP contribution >= 0.6 is 0 Å². The number of ketones is 1. The molecule has 12 nitrogen and oxygen atoms in total. The number of hydrogen-bond acceptors (Lipinski definition) is 9. The van der Waals surface area contributed by atoms with Crippen molar-refractivity contribution in [3.8, 4) is 0 Å². The van der Waals surface area contributed by atoms with E-state index in [4.69, 9.17) is 5.73 Å². The second-order valence-electron chi connectivity index (χ2n) is 11.9. The van der Waals surface area contributed by atoms with Gasteiger partial charge in [-0.15, -0.1) is 0 Å². The SMILES string of the molecule is CC(C)(C)[C@H](NC(O)NCC(=O)N1CCCC1C(=O)NC1CC2CCC2=C(N)C1=O)C(=O)N1CCNCC1. The van der Waals surface area contributed by atoms with E-state index >= 15 is 0 Å². The number of nitrogens with zero attached hydrogens (tertiary/aromatic N) is 2. The molecule has 7 N–H and O–H groups in total. The summed E-state index contributed by atoms with van der Waals surface area (Å²) in [6.07, 6.45) is 2.26. The third-order valence-corrected chi connectivity index (χ3v) is 8.21. The summed E-state index contributed by atoms with van der Waals surface area (Å²) in [6, 6.07) is -1.98.